The van der Waals surface area contributed by atoms with Crippen molar-refractivity contribution in [1.29, 1.82) is 0 Å². The van der Waals surface area contributed by atoms with Gasteiger partial charge in [0.15, 0.2) is 0 Å². The van der Waals surface area contributed by atoms with E-state index in [1.807, 2.05) is 18.3 Å². The highest BCUT2D eigenvalue weighted by molar-refractivity contribution is 5.17. The maximum absolute atomic E-state index is 6.20. The molecule has 90 valence electrons. The standard InChI is InChI=1S/C14H18N2O/c1-2-13(6-15-3-1)17-14-11-4-10-5-12(14)9-16(7-10)8-11/h1-3,6,10-12,14H,4-5,7-9H2/t10?,11-,12-,14?/m1/s1. The van der Waals surface area contributed by atoms with Gasteiger partial charge in [0, 0.05) is 37.7 Å². The van der Waals surface area contributed by atoms with E-state index >= 15 is 0 Å². The van der Waals surface area contributed by atoms with Crippen LogP contribution in [0.15, 0.2) is 24.5 Å². The molecule has 1 aliphatic carbocycles. The third kappa shape index (κ3) is 1.64. The summed E-state index contributed by atoms with van der Waals surface area (Å²) in [5, 5.41) is 0. The van der Waals surface area contributed by atoms with Crippen molar-refractivity contribution in [1.82, 2.24) is 9.88 Å². The van der Waals surface area contributed by atoms with Crippen molar-refractivity contribution < 1.29 is 4.74 Å². The molecule has 4 bridgehead atoms. The highest BCUT2D eigenvalue weighted by Gasteiger charge is 2.48. The number of pyridine rings is 1. The van der Waals surface area contributed by atoms with Crippen molar-refractivity contribution in [3.05, 3.63) is 24.5 Å². The zero-order valence-corrected chi connectivity index (χ0v) is 9.96. The van der Waals surface area contributed by atoms with Crippen LogP contribution in [0.25, 0.3) is 0 Å². The third-order valence-electron chi connectivity index (χ3n) is 4.61. The summed E-state index contributed by atoms with van der Waals surface area (Å²) in [4.78, 5) is 6.77. The lowest BCUT2D eigenvalue weighted by Gasteiger charge is -2.55. The fourth-order valence-electron chi connectivity index (χ4n) is 4.13. The molecule has 4 heterocycles. The van der Waals surface area contributed by atoms with Gasteiger partial charge in [-0.25, -0.2) is 0 Å². The van der Waals surface area contributed by atoms with Crippen LogP contribution in [-0.2, 0) is 0 Å². The lowest BCUT2D eigenvalue weighted by Crippen LogP contribution is -2.61. The zero-order valence-electron chi connectivity index (χ0n) is 9.96. The van der Waals surface area contributed by atoms with Gasteiger partial charge in [0.05, 0.1) is 6.20 Å². The molecule has 1 aromatic rings. The molecule has 1 aromatic heterocycles. The molecule has 0 amide bonds. The molecule has 3 nitrogen and oxygen atoms in total. The van der Waals surface area contributed by atoms with Crippen molar-refractivity contribution in [2.75, 3.05) is 19.6 Å². The molecular formula is C14H18N2O. The lowest BCUT2D eigenvalue weighted by atomic mass is 9.66. The Labute approximate surface area is 102 Å². The molecule has 3 aliphatic heterocycles. The van der Waals surface area contributed by atoms with Gasteiger partial charge in [0.2, 0.25) is 0 Å². The Morgan fingerprint density at radius 3 is 2.65 bits per heavy atom. The first-order chi connectivity index (χ1) is 8.38. The number of hydrogen-bond donors (Lipinski definition) is 0. The van der Waals surface area contributed by atoms with Crippen LogP contribution in [0.1, 0.15) is 12.8 Å². The summed E-state index contributed by atoms with van der Waals surface area (Å²) in [7, 11) is 0. The van der Waals surface area contributed by atoms with Crippen LogP contribution in [0.3, 0.4) is 0 Å². The van der Waals surface area contributed by atoms with Gasteiger partial charge in [-0.3, -0.25) is 4.98 Å². The summed E-state index contributed by atoms with van der Waals surface area (Å²) in [5.41, 5.74) is 0. The van der Waals surface area contributed by atoms with E-state index in [9.17, 15) is 0 Å². The van der Waals surface area contributed by atoms with E-state index in [0.29, 0.717) is 6.10 Å². The zero-order chi connectivity index (χ0) is 11.2. The molecule has 4 fully saturated rings. The van der Waals surface area contributed by atoms with E-state index in [4.69, 9.17) is 4.74 Å². The predicted molar refractivity (Wildman–Crippen MR) is 64.8 cm³/mol. The van der Waals surface area contributed by atoms with Crippen molar-refractivity contribution in [2.45, 2.75) is 18.9 Å². The van der Waals surface area contributed by atoms with Gasteiger partial charge in [0.1, 0.15) is 11.9 Å². The van der Waals surface area contributed by atoms with Crippen molar-refractivity contribution in [2.24, 2.45) is 17.8 Å². The molecule has 3 heteroatoms. The smallest absolute Gasteiger partial charge is 0.138 e. The van der Waals surface area contributed by atoms with Crippen LogP contribution < -0.4 is 4.74 Å². The van der Waals surface area contributed by atoms with Crippen LogP contribution in [0.2, 0.25) is 0 Å². The predicted octanol–water partition coefficient (Wildman–Crippen LogP) is 1.80. The first kappa shape index (κ1) is 9.89. The third-order valence-corrected chi connectivity index (χ3v) is 4.61. The van der Waals surface area contributed by atoms with Crippen LogP contribution >= 0.6 is 0 Å². The number of hydrogen-bond acceptors (Lipinski definition) is 3. The second-order valence-electron chi connectivity index (χ2n) is 5.85. The average Bonchev–Trinajstić information content (AvgIpc) is 2.34. The molecule has 4 aliphatic rings. The van der Waals surface area contributed by atoms with E-state index in [-0.39, 0.29) is 0 Å². The fraction of sp³-hybridized carbons (Fsp3) is 0.643. The van der Waals surface area contributed by atoms with E-state index < -0.39 is 0 Å². The van der Waals surface area contributed by atoms with Gasteiger partial charge in [-0.1, -0.05) is 0 Å². The number of aromatic nitrogens is 1. The minimum atomic E-state index is 0.437. The number of piperidine rings is 3. The molecule has 0 aromatic carbocycles. The highest BCUT2D eigenvalue weighted by atomic mass is 16.5. The Morgan fingerprint density at radius 1 is 1.18 bits per heavy atom. The van der Waals surface area contributed by atoms with Crippen molar-refractivity contribution in [3.63, 3.8) is 0 Å². The monoisotopic (exact) mass is 230 g/mol. The first-order valence-corrected chi connectivity index (χ1v) is 6.67. The van der Waals surface area contributed by atoms with E-state index in [1.54, 1.807) is 6.20 Å². The lowest BCUT2D eigenvalue weighted by molar-refractivity contribution is -0.0985. The minimum Gasteiger partial charge on any atom is -0.488 e. The van der Waals surface area contributed by atoms with Gasteiger partial charge >= 0.3 is 0 Å². The molecule has 1 saturated carbocycles. The Bertz CT molecular complexity index is 378. The van der Waals surface area contributed by atoms with E-state index in [1.165, 1.54) is 32.5 Å². The van der Waals surface area contributed by atoms with Gasteiger partial charge in [-0.2, -0.15) is 0 Å². The maximum atomic E-state index is 6.20. The highest BCUT2D eigenvalue weighted by Crippen LogP contribution is 2.44. The topological polar surface area (TPSA) is 25.4 Å². The average molecular weight is 230 g/mol. The summed E-state index contributed by atoms with van der Waals surface area (Å²) in [5.74, 6) is 3.39. The summed E-state index contributed by atoms with van der Waals surface area (Å²) in [6.07, 6.45) is 6.82. The Morgan fingerprint density at radius 2 is 2.00 bits per heavy atom. The first-order valence-electron chi connectivity index (χ1n) is 6.67. The maximum Gasteiger partial charge on any atom is 0.138 e. The molecule has 0 N–H and O–H groups in total. The second kappa shape index (κ2) is 3.70. The molecule has 5 rings (SSSR count). The Hall–Kier alpha value is -1.09. The van der Waals surface area contributed by atoms with E-state index in [0.717, 1.165) is 23.5 Å². The normalized spacial score (nSPS) is 42.7. The summed E-state index contributed by atoms with van der Waals surface area (Å²) in [6, 6.07) is 3.98. The van der Waals surface area contributed by atoms with Gasteiger partial charge in [-0.15, -0.1) is 0 Å². The molecule has 3 saturated heterocycles. The number of rotatable bonds is 2. The van der Waals surface area contributed by atoms with Gasteiger partial charge in [0.25, 0.3) is 0 Å². The molecule has 0 unspecified atom stereocenters. The van der Waals surface area contributed by atoms with Crippen molar-refractivity contribution in [3.8, 4) is 5.75 Å². The van der Waals surface area contributed by atoms with E-state index in [2.05, 4.69) is 9.88 Å². The summed E-state index contributed by atoms with van der Waals surface area (Å²) in [6.45, 7) is 3.84. The van der Waals surface area contributed by atoms with Crippen LogP contribution in [-0.4, -0.2) is 35.6 Å². The molecule has 0 radical (unpaired) electrons. The number of ether oxygens (including phenoxy) is 1. The second-order valence-corrected chi connectivity index (χ2v) is 5.85. The SMILES string of the molecule is c1cncc(OC2[C@@H]3CC4C[C@@H]2CN(C4)C3)c1. The Balaban J connectivity index is 1.55. The number of nitrogens with zero attached hydrogens (tertiary/aromatic N) is 2. The minimum absolute atomic E-state index is 0.437. The van der Waals surface area contributed by atoms with Crippen LogP contribution in [0.4, 0.5) is 0 Å². The van der Waals surface area contributed by atoms with Crippen LogP contribution in [0.5, 0.6) is 5.75 Å². The summed E-state index contributed by atoms with van der Waals surface area (Å²) >= 11 is 0. The quantitative estimate of drug-likeness (QED) is 0.774. The van der Waals surface area contributed by atoms with Crippen LogP contribution in [0, 0.1) is 17.8 Å². The van der Waals surface area contributed by atoms with Gasteiger partial charge < -0.3 is 9.64 Å². The summed E-state index contributed by atoms with van der Waals surface area (Å²) < 4.78 is 6.20. The molecular weight excluding hydrogens is 212 g/mol. The molecule has 17 heavy (non-hydrogen) atoms. The van der Waals surface area contributed by atoms with Crippen molar-refractivity contribution >= 4 is 0 Å². The largest absolute Gasteiger partial charge is 0.488 e. The Kier molecular flexibility index (Phi) is 2.15. The molecule has 0 spiro atoms. The fourth-order valence-corrected chi connectivity index (χ4v) is 4.13. The van der Waals surface area contributed by atoms with Gasteiger partial charge in [-0.05, 0) is 30.9 Å². The molecule has 2 atom stereocenters.